The van der Waals surface area contributed by atoms with Gasteiger partial charge in [-0.15, -0.1) is 0 Å². The Morgan fingerprint density at radius 1 is 1.19 bits per heavy atom. The highest BCUT2D eigenvalue weighted by Gasteiger charge is 2.28. The van der Waals surface area contributed by atoms with Crippen LogP contribution in [0.15, 0.2) is 30.3 Å². The number of likely N-dealkylation sites (N-methyl/N-ethyl adjacent to an activating group) is 1. The molecular formula is C18H31N3. The zero-order valence-corrected chi connectivity index (χ0v) is 13.8. The molecule has 0 aliphatic carbocycles. The third kappa shape index (κ3) is 4.80. The van der Waals surface area contributed by atoms with Crippen molar-refractivity contribution in [3.05, 3.63) is 35.9 Å². The quantitative estimate of drug-likeness (QED) is 0.874. The van der Waals surface area contributed by atoms with Crippen molar-refractivity contribution in [3.63, 3.8) is 0 Å². The van der Waals surface area contributed by atoms with Gasteiger partial charge in [0.05, 0.1) is 0 Å². The second-order valence-corrected chi connectivity index (χ2v) is 6.91. The highest BCUT2D eigenvalue weighted by atomic mass is 15.3. The predicted molar refractivity (Wildman–Crippen MR) is 90.3 cm³/mol. The highest BCUT2D eigenvalue weighted by Crippen LogP contribution is 2.26. The Hall–Kier alpha value is -0.900. The standard InChI is InChI=1S/C18H31N3/c1-15(2)11-16(12-19)13-21-10-9-20(3)14-18(21)17-7-5-4-6-8-17/h4-8,15-16,18H,9-14,19H2,1-3H3. The van der Waals surface area contributed by atoms with Crippen molar-refractivity contribution >= 4 is 0 Å². The Morgan fingerprint density at radius 3 is 2.52 bits per heavy atom. The van der Waals surface area contributed by atoms with Gasteiger partial charge >= 0.3 is 0 Å². The molecule has 21 heavy (non-hydrogen) atoms. The summed E-state index contributed by atoms with van der Waals surface area (Å²) in [4.78, 5) is 5.09. The van der Waals surface area contributed by atoms with Gasteiger partial charge < -0.3 is 10.6 Å². The van der Waals surface area contributed by atoms with Crippen LogP contribution >= 0.6 is 0 Å². The van der Waals surface area contributed by atoms with Gasteiger partial charge in [-0.05, 0) is 37.4 Å². The number of benzene rings is 1. The van der Waals surface area contributed by atoms with E-state index in [-0.39, 0.29) is 0 Å². The lowest BCUT2D eigenvalue weighted by molar-refractivity contribution is 0.0727. The van der Waals surface area contributed by atoms with E-state index >= 15 is 0 Å². The Bertz CT molecular complexity index is 404. The third-order valence-corrected chi connectivity index (χ3v) is 4.51. The fraction of sp³-hybridized carbons (Fsp3) is 0.667. The molecule has 1 aromatic carbocycles. The van der Waals surface area contributed by atoms with E-state index < -0.39 is 0 Å². The molecule has 0 saturated carbocycles. The maximum atomic E-state index is 6.01. The van der Waals surface area contributed by atoms with Crippen LogP contribution in [-0.4, -0.2) is 49.6 Å². The average Bonchev–Trinajstić information content (AvgIpc) is 2.48. The average molecular weight is 289 g/mol. The topological polar surface area (TPSA) is 32.5 Å². The molecule has 2 atom stereocenters. The first kappa shape index (κ1) is 16.5. The van der Waals surface area contributed by atoms with Gasteiger partial charge in [0, 0.05) is 32.2 Å². The Balaban J connectivity index is 2.07. The van der Waals surface area contributed by atoms with Gasteiger partial charge in [-0.25, -0.2) is 0 Å². The second-order valence-electron chi connectivity index (χ2n) is 6.91. The van der Waals surface area contributed by atoms with E-state index in [1.165, 1.54) is 12.0 Å². The van der Waals surface area contributed by atoms with E-state index in [2.05, 4.69) is 61.0 Å². The molecule has 3 nitrogen and oxygen atoms in total. The molecule has 0 bridgehead atoms. The summed E-state index contributed by atoms with van der Waals surface area (Å²) in [5.41, 5.74) is 7.45. The zero-order chi connectivity index (χ0) is 15.2. The van der Waals surface area contributed by atoms with Gasteiger partial charge in [0.25, 0.3) is 0 Å². The number of hydrogen-bond acceptors (Lipinski definition) is 3. The lowest BCUT2D eigenvalue weighted by Crippen LogP contribution is -2.49. The fourth-order valence-electron chi connectivity index (χ4n) is 3.41. The van der Waals surface area contributed by atoms with Crippen LogP contribution in [-0.2, 0) is 0 Å². The molecule has 0 radical (unpaired) electrons. The van der Waals surface area contributed by atoms with Crippen molar-refractivity contribution in [1.29, 1.82) is 0 Å². The van der Waals surface area contributed by atoms with Crippen molar-refractivity contribution in [2.45, 2.75) is 26.3 Å². The number of hydrogen-bond donors (Lipinski definition) is 1. The first-order chi connectivity index (χ1) is 10.1. The fourth-order valence-corrected chi connectivity index (χ4v) is 3.41. The highest BCUT2D eigenvalue weighted by molar-refractivity contribution is 5.20. The third-order valence-electron chi connectivity index (χ3n) is 4.51. The maximum Gasteiger partial charge on any atom is 0.0475 e. The van der Waals surface area contributed by atoms with Crippen LogP contribution in [0.25, 0.3) is 0 Å². The Morgan fingerprint density at radius 2 is 1.90 bits per heavy atom. The Labute approximate surface area is 130 Å². The minimum atomic E-state index is 0.506. The lowest BCUT2D eigenvalue weighted by Gasteiger charge is -2.42. The molecule has 118 valence electrons. The first-order valence-corrected chi connectivity index (χ1v) is 8.27. The minimum absolute atomic E-state index is 0.506. The van der Waals surface area contributed by atoms with Gasteiger partial charge in [-0.1, -0.05) is 44.2 Å². The summed E-state index contributed by atoms with van der Waals surface area (Å²) >= 11 is 0. The normalized spacial score (nSPS) is 22.6. The van der Waals surface area contributed by atoms with Crippen LogP contribution in [0.4, 0.5) is 0 Å². The molecule has 1 aliphatic heterocycles. The summed E-state index contributed by atoms with van der Waals surface area (Å²) in [5, 5.41) is 0. The molecule has 1 aromatic rings. The van der Waals surface area contributed by atoms with E-state index in [4.69, 9.17) is 5.73 Å². The zero-order valence-electron chi connectivity index (χ0n) is 13.8. The minimum Gasteiger partial charge on any atom is -0.330 e. The summed E-state index contributed by atoms with van der Waals surface area (Å²) in [6.45, 7) is 9.92. The van der Waals surface area contributed by atoms with E-state index in [0.717, 1.165) is 38.6 Å². The molecule has 1 heterocycles. The maximum absolute atomic E-state index is 6.01. The molecule has 2 rings (SSSR count). The van der Waals surface area contributed by atoms with Crippen LogP contribution < -0.4 is 5.73 Å². The summed E-state index contributed by atoms with van der Waals surface area (Å²) < 4.78 is 0. The molecule has 1 fully saturated rings. The van der Waals surface area contributed by atoms with Crippen molar-refractivity contribution in [1.82, 2.24) is 9.80 Å². The van der Waals surface area contributed by atoms with Crippen LogP contribution in [0.5, 0.6) is 0 Å². The number of nitrogens with zero attached hydrogens (tertiary/aromatic N) is 2. The predicted octanol–water partition coefficient (Wildman–Crippen LogP) is 2.60. The largest absolute Gasteiger partial charge is 0.330 e. The molecule has 0 amide bonds. The van der Waals surface area contributed by atoms with Crippen molar-refractivity contribution in [2.24, 2.45) is 17.6 Å². The second kappa shape index (κ2) is 7.92. The molecule has 1 saturated heterocycles. The summed E-state index contributed by atoms with van der Waals surface area (Å²) in [6, 6.07) is 11.4. The van der Waals surface area contributed by atoms with Gasteiger partial charge in [0.15, 0.2) is 0 Å². The Kier molecular flexibility index (Phi) is 6.22. The molecule has 2 unspecified atom stereocenters. The van der Waals surface area contributed by atoms with E-state index in [9.17, 15) is 0 Å². The van der Waals surface area contributed by atoms with Crippen molar-refractivity contribution in [2.75, 3.05) is 39.8 Å². The molecular weight excluding hydrogens is 258 g/mol. The van der Waals surface area contributed by atoms with Crippen LogP contribution in [0.3, 0.4) is 0 Å². The van der Waals surface area contributed by atoms with Crippen molar-refractivity contribution < 1.29 is 0 Å². The van der Waals surface area contributed by atoms with Gasteiger partial charge in [-0.3, -0.25) is 4.90 Å². The summed E-state index contributed by atoms with van der Waals surface area (Å²) in [5.74, 6) is 1.33. The molecule has 0 spiro atoms. The van der Waals surface area contributed by atoms with E-state index in [1.807, 2.05) is 0 Å². The van der Waals surface area contributed by atoms with Crippen LogP contribution in [0, 0.1) is 11.8 Å². The molecule has 0 aromatic heterocycles. The SMILES string of the molecule is CC(C)CC(CN)CN1CCN(C)CC1c1ccccc1. The van der Waals surface area contributed by atoms with E-state index in [1.54, 1.807) is 0 Å². The van der Waals surface area contributed by atoms with Gasteiger partial charge in [0.2, 0.25) is 0 Å². The smallest absolute Gasteiger partial charge is 0.0475 e. The van der Waals surface area contributed by atoms with Crippen molar-refractivity contribution in [3.8, 4) is 0 Å². The van der Waals surface area contributed by atoms with Gasteiger partial charge in [0.1, 0.15) is 0 Å². The number of rotatable bonds is 6. The monoisotopic (exact) mass is 289 g/mol. The lowest BCUT2D eigenvalue weighted by atomic mass is 9.94. The molecule has 1 aliphatic rings. The number of piperazine rings is 1. The summed E-state index contributed by atoms with van der Waals surface area (Å²) in [6.07, 6.45) is 1.23. The van der Waals surface area contributed by atoms with E-state index in [0.29, 0.717) is 12.0 Å². The number of nitrogens with two attached hydrogens (primary N) is 1. The molecule has 2 N–H and O–H groups in total. The van der Waals surface area contributed by atoms with Gasteiger partial charge in [-0.2, -0.15) is 0 Å². The van der Waals surface area contributed by atoms with Crippen LogP contribution in [0.1, 0.15) is 31.9 Å². The summed E-state index contributed by atoms with van der Waals surface area (Å²) in [7, 11) is 2.22. The molecule has 3 heteroatoms. The first-order valence-electron chi connectivity index (χ1n) is 8.27. The van der Waals surface area contributed by atoms with Crippen LogP contribution in [0.2, 0.25) is 0 Å².